The number of rotatable bonds is 6. The first kappa shape index (κ1) is 20.0. The first-order chi connectivity index (χ1) is 13.2. The van der Waals surface area contributed by atoms with E-state index in [9.17, 15) is 18.0 Å². The SMILES string of the molecule is Cc1cc(C(=O)Cc2ccc3oc(=O)ccc3c2)ccc1CS(=O)(=O)C(C)C. The van der Waals surface area contributed by atoms with Crippen LogP contribution < -0.4 is 5.63 Å². The Balaban J connectivity index is 1.80. The second-order valence-corrected chi connectivity index (χ2v) is 9.78. The molecule has 1 aromatic heterocycles. The fourth-order valence-electron chi connectivity index (χ4n) is 2.93. The molecule has 6 heteroatoms. The van der Waals surface area contributed by atoms with Crippen molar-refractivity contribution in [3.05, 3.63) is 81.2 Å². The van der Waals surface area contributed by atoms with Crippen LogP contribution in [0.3, 0.4) is 0 Å². The van der Waals surface area contributed by atoms with Crippen molar-refractivity contribution < 1.29 is 17.6 Å². The maximum absolute atomic E-state index is 12.7. The minimum atomic E-state index is -3.20. The first-order valence-electron chi connectivity index (χ1n) is 9.03. The van der Waals surface area contributed by atoms with Crippen molar-refractivity contribution in [3.63, 3.8) is 0 Å². The van der Waals surface area contributed by atoms with Gasteiger partial charge in [0, 0.05) is 23.4 Å². The summed E-state index contributed by atoms with van der Waals surface area (Å²) < 4.78 is 29.4. The number of carbonyl (C=O) groups is 1. The summed E-state index contributed by atoms with van der Waals surface area (Å²) in [6, 6.07) is 13.4. The number of benzene rings is 2. The number of ketones is 1. The molecular weight excluding hydrogens is 376 g/mol. The lowest BCUT2D eigenvalue weighted by molar-refractivity contribution is 0.0993. The van der Waals surface area contributed by atoms with Crippen LogP contribution in [-0.4, -0.2) is 19.5 Å². The Morgan fingerprint density at radius 3 is 2.46 bits per heavy atom. The van der Waals surface area contributed by atoms with Crippen LogP contribution in [0.4, 0.5) is 0 Å². The Bertz CT molecular complexity index is 1200. The number of sulfone groups is 1. The number of aryl methyl sites for hydroxylation is 1. The summed E-state index contributed by atoms with van der Waals surface area (Å²) in [6.45, 7) is 5.15. The highest BCUT2D eigenvalue weighted by Gasteiger charge is 2.18. The standard InChI is InChI=1S/C22H22O5S/c1-14(2)28(25,26)13-19-6-5-17(10-15(19)3)20(23)12-16-4-8-21-18(11-16)7-9-22(24)27-21/h4-11,14H,12-13H2,1-3H3. The molecule has 28 heavy (non-hydrogen) atoms. The van der Waals surface area contributed by atoms with E-state index in [0.29, 0.717) is 16.7 Å². The number of fused-ring (bicyclic) bond motifs is 1. The van der Waals surface area contributed by atoms with Gasteiger partial charge in [-0.15, -0.1) is 0 Å². The highest BCUT2D eigenvalue weighted by Crippen LogP contribution is 2.19. The summed E-state index contributed by atoms with van der Waals surface area (Å²) in [5.41, 5.74) is 2.93. The fourth-order valence-corrected chi connectivity index (χ4v) is 4.02. The molecule has 0 N–H and O–H groups in total. The Kier molecular flexibility index (Phi) is 5.52. The van der Waals surface area contributed by atoms with E-state index >= 15 is 0 Å². The zero-order chi connectivity index (χ0) is 20.5. The minimum absolute atomic E-state index is 0.0269. The van der Waals surface area contributed by atoms with E-state index < -0.39 is 20.7 Å². The van der Waals surface area contributed by atoms with Gasteiger partial charge in [0.2, 0.25) is 0 Å². The second-order valence-electron chi connectivity index (χ2n) is 7.22. The van der Waals surface area contributed by atoms with Gasteiger partial charge < -0.3 is 4.42 Å². The molecule has 0 saturated carbocycles. The Hall–Kier alpha value is -2.73. The molecule has 3 rings (SSSR count). The van der Waals surface area contributed by atoms with Crippen LogP contribution in [-0.2, 0) is 22.0 Å². The van der Waals surface area contributed by atoms with Crippen LogP contribution >= 0.6 is 0 Å². The highest BCUT2D eigenvalue weighted by molar-refractivity contribution is 7.91. The zero-order valence-electron chi connectivity index (χ0n) is 16.1. The maximum atomic E-state index is 12.7. The number of carbonyl (C=O) groups excluding carboxylic acids is 1. The molecule has 0 spiro atoms. The van der Waals surface area contributed by atoms with E-state index in [1.807, 2.05) is 13.0 Å². The summed E-state index contributed by atoms with van der Waals surface area (Å²) in [5.74, 6) is -0.0843. The molecule has 0 bridgehead atoms. The van der Waals surface area contributed by atoms with Crippen LogP contribution in [0.25, 0.3) is 11.0 Å². The molecule has 2 aromatic carbocycles. The van der Waals surface area contributed by atoms with Crippen LogP contribution in [0.15, 0.2) is 57.7 Å². The van der Waals surface area contributed by atoms with Gasteiger partial charge in [0.1, 0.15) is 5.58 Å². The molecule has 0 aliphatic rings. The van der Waals surface area contributed by atoms with E-state index in [2.05, 4.69) is 0 Å². The molecule has 0 saturated heterocycles. The number of hydrogen-bond acceptors (Lipinski definition) is 5. The molecule has 1 heterocycles. The van der Waals surface area contributed by atoms with Gasteiger partial charge in [-0.3, -0.25) is 4.79 Å². The van der Waals surface area contributed by atoms with Crippen LogP contribution in [0.1, 0.15) is 40.9 Å². The highest BCUT2D eigenvalue weighted by atomic mass is 32.2. The topological polar surface area (TPSA) is 81.4 Å². The lowest BCUT2D eigenvalue weighted by Crippen LogP contribution is -2.16. The average molecular weight is 398 g/mol. The normalized spacial score (nSPS) is 11.9. The summed E-state index contributed by atoms with van der Waals surface area (Å²) >= 11 is 0. The van der Waals surface area contributed by atoms with Gasteiger partial charge in [-0.2, -0.15) is 0 Å². The molecule has 0 atom stereocenters. The largest absolute Gasteiger partial charge is 0.423 e. The van der Waals surface area contributed by atoms with E-state index in [4.69, 9.17) is 4.42 Å². The Morgan fingerprint density at radius 1 is 1.04 bits per heavy atom. The fraction of sp³-hybridized carbons (Fsp3) is 0.273. The quantitative estimate of drug-likeness (QED) is 0.465. The van der Waals surface area contributed by atoms with Crippen molar-refractivity contribution in [1.29, 1.82) is 0 Å². The summed E-state index contributed by atoms with van der Waals surface area (Å²) in [4.78, 5) is 23.9. The van der Waals surface area contributed by atoms with Gasteiger partial charge in [0.05, 0.1) is 11.0 Å². The van der Waals surface area contributed by atoms with Gasteiger partial charge in [0.15, 0.2) is 15.6 Å². The number of hydrogen-bond donors (Lipinski definition) is 0. The van der Waals surface area contributed by atoms with E-state index in [0.717, 1.165) is 16.5 Å². The lowest BCUT2D eigenvalue weighted by Gasteiger charge is -2.11. The van der Waals surface area contributed by atoms with Crippen molar-refractivity contribution >= 4 is 26.6 Å². The molecule has 146 valence electrons. The van der Waals surface area contributed by atoms with E-state index in [1.54, 1.807) is 50.2 Å². The van der Waals surface area contributed by atoms with Crippen molar-refractivity contribution in [3.8, 4) is 0 Å². The Morgan fingerprint density at radius 2 is 1.79 bits per heavy atom. The van der Waals surface area contributed by atoms with Crippen molar-refractivity contribution in [1.82, 2.24) is 0 Å². The third-order valence-electron chi connectivity index (χ3n) is 4.79. The van der Waals surface area contributed by atoms with E-state index in [1.165, 1.54) is 6.07 Å². The molecule has 0 fully saturated rings. The zero-order valence-corrected chi connectivity index (χ0v) is 16.9. The molecule has 0 aliphatic carbocycles. The summed E-state index contributed by atoms with van der Waals surface area (Å²) in [5, 5.41) is 0.320. The van der Waals surface area contributed by atoms with Gasteiger partial charge >= 0.3 is 5.63 Å². The predicted molar refractivity (Wildman–Crippen MR) is 109 cm³/mol. The predicted octanol–water partition coefficient (Wildman–Crippen LogP) is 3.85. The Labute approximate surface area is 163 Å². The molecule has 0 radical (unpaired) electrons. The molecule has 5 nitrogen and oxygen atoms in total. The van der Waals surface area contributed by atoms with Crippen LogP contribution in [0.2, 0.25) is 0 Å². The molecule has 0 unspecified atom stereocenters. The van der Waals surface area contributed by atoms with E-state index in [-0.39, 0.29) is 18.0 Å². The minimum Gasteiger partial charge on any atom is -0.423 e. The lowest BCUT2D eigenvalue weighted by atomic mass is 9.99. The van der Waals surface area contributed by atoms with Crippen molar-refractivity contribution in [2.24, 2.45) is 0 Å². The second kappa shape index (κ2) is 7.72. The third-order valence-corrected chi connectivity index (χ3v) is 6.94. The van der Waals surface area contributed by atoms with Gasteiger partial charge in [-0.05, 0) is 61.7 Å². The van der Waals surface area contributed by atoms with Gasteiger partial charge in [-0.1, -0.05) is 18.2 Å². The van der Waals surface area contributed by atoms with Crippen LogP contribution in [0, 0.1) is 6.92 Å². The van der Waals surface area contributed by atoms with Crippen molar-refractivity contribution in [2.75, 3.05) is 0 Å². The molecule has 0 amide bonds. The monoisotopic (exact) mass is 398 g/mol. The van der Waals surface area contributed by atoms with Crippen molar-refractivity contribution in [2.45, 2.75) is 38.2 Å². The third kappa shape index (κ3) is 4.39. The van der Waals surface area contributed by atoms with Gasteiger partial charge in [-0.25, -0.2) is 13.2 Å². The maximum Gasteiger partial charge on any atom is 0.336 e. The van der Waals surface area contributed by atoms with Gasteiger partial charge in [0.25, 0.3) is 0 Å². The molecule has 0 aliphatic heterocycles. The first-order valence-corrected chi connectivity index (χ1v) is 10.7. The number of Topliss-reactive ketones (excluding diaryl/α,β-unsaturated/α-hetero) is 1. The average Bonchev–Trinajstić information content (AvgIpc) is 2.63. The summed E-state index contributed by atoms with van der Waals surface area (Å²) in [6.07, 6.45) is 0.206. The molecule has 3 aromatic rings. The molecular formula is C22H22O5S. The van der Waals surface area contributed by atoms with Crippen LogP contribution in [0.5, 0.6) is 0 Å². The smallest absolute Gasteiger partial charge is 0.336 e. The summed E-state index contributed by atoms with van der Waals surface area (Å²) in [7, 11) is -3.20.